The molecule has 0 unspecified atom stereocenters. The Morgan fingerprint density at radius 2 is 1.71 bits per heavy atom. The molecule has 0 aliphatic carbocycles. The Kier molecular flexibility index (Phi) is 4.89. The van der Waals surface area contributed by atoms with Gasteiger partial charge in [-0.3, -0.25) is 4.98 Å². The van der Waals surface area contributed by atoms with E-state index in [9.17, 15) is 0 Å². The topological polar surface area (TPSA) is 73.6 Å². The zero-order valence-electron chi connectivity index (χ0n) is 15.4. The summed E-state index contributed by atoms with van der Waals surface area (Å²) in [7, 11) is 1.62. The van der Waals surface area contributed by atoms with Gasteiger partial charge < -0.3 is 14.9 Å². The number of hydrogen-bond acceptors (Lipinski definition) is 4. The minimum Gasteiger partial charge on any atom is -0.496 e. The van der Waals surface area contributed by atoms with E-state index in [0.717, 1.165) is 22.6 Å². The summed E-state index contributed by atoms with van der Waals surface area (Å²) in [5.41, 5.74) is 9.24. The van der Waals surface area contributed by atoms with Crippen LogP contribution < -0.4 is 10.5 Å². The molecule has 2 aromatic carbocycles. The molecule has 2 heterocycles. The fourth-order valence-corrected chi connectivity index (χ4v) is 2.90. The van der Waals surface area contributed by atoms with Gasteiger partial charge in [0.15, 0.2) is 0 Å². The summed E-state index contributed by atoms with van der Waals surface area (Å²) in [6, 6.07) is 25.0. The maximum Gasteiger partial charge on any atom is 0.150 e. The molecule has 0 saturated heterocycles. The van der Waals surface area contributed by atoms with Crippen molar-refractivity contribution in [2.24, 2.45) is 10.7 Å². The van der Waals surface area contributed by atoms with Crippen LogP contribution in [0.5, 0.6) is 5.75 Å². The predicted octanol–water partition coefficient (Wildman–Crippen LogP) is 5.05. The Morgan fingerprint density at radius 1 is 0.929 bits per heavy atom. The number of benzene rings is 2. The molecular weight excluding hydrogens is 350 g/mol. The van der Waals surface area contributed by atoms with E-state index in [1.165, 1.54) is 0 Å². The van der Waals surface area contributed by atoms with Gasteiger partial charge in [-0.05, 0) is 36.4 Å². The number of rotatable bonds is 5. The normalized spacial score (nSPS) is 11.4. The first-order valence-electron chi connectivity index (χ1n) is 8.84. The number of methoxy groups -OCH3 is 1. The molecule has 0 radical (unpaired) electrons. The minimum absolute atomic E-state index is 0.347. The molecule has 0 aliphatic rings. The summed E-state index contributed by atoms with van der Waals surface area (Å²) in [5, 5.41) is 0. The van der Waals surface area contributed by atoms with Crippen molar-refractivity contribution in [1.82, 2.24) is 4.98 Å². The lowest BCUT2D eigenvalue weighted by atomic mass is 10.1. The lowest BCUT2D eigenvalue weighted by molar-refractivity contribution is 0.415. The standard InChI is InChI=1S/C23H19N3O2/c1-27-22-15-17(26-23(24)19-9-5-6-14-25-19)10-11-18(22)21-13-12-20(28-21)16-7-3-2-4-8-16/h2-15H,1H3,(H2,24,26). The van der Waals surface area contributed by atoms with Crippen LogP contribution in [0.2, 0.25) is 0 Å². The van der Waals surface area contributed by atoms with Gasteiger partial charge in [0.1, 0.15) is 28.8 Å². The molecule has 4 rings (SSSR count). The molecule has 2 N–H and O–H groups in total. The Labute approximate surface area is 163 Å². The van der Waals surface area contributed by atoms with Crippen LogP contribution in [0.25, 0.3) is 22.6 Å². The summed E-state index contributed by atoms with van der Waals surface area (Å²) >= 11 is 0. The van der Waals surface area contributed by atoms with Crippen LogP contribution in [-0.4, -0.2) is 17.9 Å². The smallest absolute Gasteiger partial charge is 0.150 e. The minimum atomic E-state index is 0.347. The molecular formula is C23H19N3O2. The van der Waals surface area contributed by atoms with Gasteiger partial charge >= 0.3 is 0 Å². The van der Waals surface area contributed by atoms with Crippen molar-refractivity contribution in [3.8, 4) is 28.4 Å². The third-order valence-electron chi connectivity index (χ3n) is 4.29. The van der Waals surface area contributed by atoms with Crippen LogP contribution in [0.3, 0.4) is 0 Å². The highest BCUT2D eigenvalue weighted by atomic mass is 16.5. The Hall–Kier alpha value is -3.86. The van der Waals surface area contributed by atoms with Crippen LogP contribution in [0.1, 0.15) is 5.69 Å². The lowest BCUT2D eigenvalue weighted by Crippen LogP contribution is -2.14. The number of aliphatic imine (C=N–C) groups is 1. The first-order valence-corrected chi connectivity index (χ1v) is 8.84. The van der Waals surface area contributed by atoms with Gasteiger partial charge in [-0.2, -0.15) is 0 Å². The second-order valence-corrected chi connectivity index (χ2v) is 6.13. The average Bonchev–Trinajstić information content (AvgIpc) is 3.25. The number of amidine groups is 1. The van der Waals surface area contributed by atoms with Gasteiger partial charge in [0.25, 0.3) is 0 Å². The van der Waals surface area contributed by atoms with Gasteiger partial charge in [0.2, 0.25) is 0 Å². The first kappa shape index (κ1) is 17.5. The first-order chi connectivity index (χ1) is 13.7. The third-order valence-corrected chi connectivity index (χ3v) is 4.29. The maximum absolute atomic E-state index is 6.06. The monoisotopic (exact) mass is 369 g/mol. The molecule has 0 aliphatic heterocycles. The van der Waals surface area contributed by atoms with Gasteiger partial charge in [-0.25, -0.2) is 4.99 Å². The van der Waals surface area contributed by atoms with Crippen LogP contribution in [-0.2, 0) is 0 Å². The Bertz CT molecular complexity index is 1100. The zero-order chi connectivity index (χ0) is 19.3. The molecule has 138 valence electrons. The maximum atomic E-state index is 6.06. The van der Waals surface area contributed by atoms with Crippen LogP contribution in [0.4, 0.5) is 5.69 Å². The largest absolute Gasteiger partial charge is 0.496 e. The molecule has 5 heteroatoms. The highest BCUT2D eigenvalue weighted by molar-refractivity contribution is 5.97. The van der Waals surface area contributed by atoms with E-state index in [2.05, 4.69) is 9.98 Å². The molecule has 0 spiro atoms. The SMILES string of the molecule is COc1cc(N=C(N)c2ccccn2)ccc1-c1ccc(-c2ccccc2)o1. The number of hydrogen-bond donors (Lipinski definition) is 1. The second-order valence-electron chi connectivity index (χ2n) is 6.13. The summed E-state index contributed by atoms with van der Waals surface area (Å²) in [6.45, 7) is 0. The van der Waals surface area contributed by atoms with Crippen LogP contribution >= 0.6 is 0 Å². The zero-order valence-corrected chi connectivity index (χ0v) is 15.4. The van der Waals surface area contributed by atoms with Gasteiger partial charge in [0, 0.05) is 17.8 Å². The number of nitrogens with two attached hydrogens (primary N) is 1. The van der Waals surface area contributed by atoms with Gasteiger partial charge in [-0.1, -0.05) is 36.4 Å². The van der Waals surface area contributed by atoms with Crippen LogP contribution in [0, 0.1) is 0 Å². The van der Waals surface area contributed by atoms with Crippen LogP contribution in [0.15, 0.2) is 94.5 Å². The van der Waals surface area contributed by atoms with Crippen molar-refractivity contribution >= 4 is 11.5 Å². The summed E-state index contributed by atoms with van der Waals surface area (Å²) < 4.78 is 11.6. The molecule has 0 fully saturated rings. The highest BCUT2D eigenvalue weighted by Crippen LogP contribution is 2.36. The third kappa shape index (κ3) is 3.64. The molecule has 2 aromatic heterocycles. The number of aromatic nitrogens is 1. The van der Waals surface area contributed by atoms with E-state index in [-0.39, 0.29) is 0 Å². The molecule has 0 saturated carbocycles. The van der Waals surface area contributed by atoms with Crippen molar-refractivity contribution < 1.29 is 9.15 Å². The predicted molar refractivity (Wildman–Crippen MR) is 111 cm³/mol. The highest BCUT2D eigenvalue weighted by Gasteiger charge is 2.12. The van der Waals surface area contributed by atoms with E-state index in [1.54, 1.807) is 13.3 Å². The number of nitrogens with zero attached hydrogens (tertiary/aromatic N) is 2. The van der Waals surface area contributed by atoms with Crippen molar-refractivity contribution in [1.29, 1.82) is 0 Å². The molecule has 4 aromatic rings. The van der Waals surface area contributed by atoms with E-state index in [1.807, 2.05) is 78.9 Å². The average molecular weight is 369 g/mol. The second kappa shape index (κ2) is 7.80. The van der Waals surface area contributed by atoms with Crippen molar-refractivity contribution in [2.75, 3.05) is 7.11 Å². The van der Waals surface area contributed by atoms with E-state index >= 15 is 0 Å². The molecule has 0 atom stereocenters. The van der Waals surface area contributed by atoms with Crippen molar-refractivity contribution in [2.45, 2.75) is 0 Å². The fourth-order valence-electron chi connectivity index (χ4n) is 2.90. The summed E-state index contributed by atoms with van der Waals surface area (Å²) in [4.78, 5) is 8.66. The van der Waals surface area contributed by atoms with E-state index in [0.29, 0.717) is 23.0 Å². The summed E-state index contributed by atoms with van der Waals surface area (Å²) in [5.74, 6) is 2.53. The molecule has 0 bridgehead atoms. The number of pyridine rings is 1. The quantitative estimate of drug-likeness (QED) is 0.394. The Morgan fingerprint density at radius 3 is 2.46 bits per heavy atom. The molecule has 0 amide bonds. The number of furan rings is 1. The van der Waals surface area contributed by atoms with Crippen molar-refractivity contribution in [3.63, 3.8) is 0 Å². The molecule has 5 nitrogen and oxygen atoms in total. The Balaban J connectivity index is 1.66. The van der Waals surface area contributed by atoms with E-state index < -0.39 is 0 Å². The fraction of sp³-hybridized carbons (Fsp3) is 0.0435. The summed E-state index contributed by atoms with van der Waals surface area (Å²) in [6.07, 6.45) is 1.68. The lowest BCUT2D eigenvalue weighted by Gasteiger charge is -2.08. The van der Waals surface area contributed by atoms with Crippen molar-refractivity contribution in [3.05, 3.63) is 90.8 Å². The van der Waals surface area contributed by atoms with E-state index in [4.69, 9.17) is 14.9 Å². The van der Waals surface area contributed by atoms with Gasteiger partial charge in [-0.15, -0.1) is 0 Å². The van der Waals surface area contributed by atoms with Gasteiger partial charge in [0.05, 0.1) is 18.4 Å². The number of ether oxygens (including phenoxy) is 1. The molecule has 28 heavy (non-hydrogen) atoms.